The molecule has 1 amide bonds. The van der Waals surface area contributed by atoms with Crippen molar-refractivity contribution in [3.8, 4) is 0 Å². The highest BCUT2D eigenvalue weighted by Crippen LogP contribution is 2.29. The Morgan fingerprint density at radius 2 is 1.96 bits per heavy atom. The lowest BCUT2D eigenvalue weighted by Crippen LogP contribution is -2.31. The molecule has 2 aromatic heterocycles. The zero-order valence-electron chi connectivity index (χ0n) is 15.5. The number of pyridine rings is 1. The van der Waals surface area contributed by atoms with Gasteiger partial charge in [0.1, 0.15) is 0 Å². The quantitative estimate of drug-likeness (QED) is 0.928. The van der Waals surface area contributed by atoms with Crippen LogP contribution >= 0.6 is 0 Å². The summed E-state index contributed by atoms with van der Waals surface area (Å²) >= 11 is 0. The van der Waals surface area contributed by atoms with Crippen LogP contribution in [0.5, 0.6) is 0 Å². The molecule has 3 heterocycles. The summed E-state index contributed by atoms with van der Waals surface area (Å²) in [6.45, 7) is 7.95. The van der Waals surface area contributed by atoms with Gasteiger partial charge in [-0.1, -0.05) is 0 Å². The predicted molar refractivity (Wildman–Crippen MR) is 100 cm³/mol. The molecule has 2 aromatic rings. The number of hydrogen-bond donors (Lipinski definition) is 1. The summed E-state index contributed by atoms with van der Waals surface area (Å²) in [6, 6.07) is 1.99. The number of nitrogens with zero attached hydrogens (tertiary/aromatic N) is 4. The molecule has 6 heteroatoms. The highest BCUT2D eigenvalue weighted by molar-refractivity contribution is 5.98. The highest BCUT2D eigenvalue weighted by atomic mass is 16.1. The summed E-state index contributed by atoms with van der Waals surface area (Å²) in [5, 5.41) is 7.52. The van der Waals surface area contributed by atoms with Gasteiger partial charge in [0.15, 0.2) is 0 Å². The summed E-state index contributed by atoms with van der Waals surface area (Å²) in [5.74, 6) is -0.284. The molecule has 1 N–H and O–H groups in total. The largest absolute Gasteiger partial charge is 0.370 e. The number of aryl methyl sites for hydroxylation is 2. The van der Waals surface area contributed by atoms with Gasteiger partial charge in [0.05, 0.1) is 29.2 Å². The van der Waals surface area contributed by atoms with Crippen LogP contribution in [0.2, 0.25) is 0 Å². The molecule has 0 spiro atoms. The third kappa shape index (κ3) is 3.52. The summed E-state index contributed by atoms with van der Waals surface area (Å²) < 4.78 is 1.83. The van der Waals surface area contributed by atoms with Crippen LogP contribution in [-0.2, 0) is 11.8 Å². The fourth-order valence-corrected chi connectivity index (χ4v) is 3.68. The first-order valence-corrected chi connectivity index (χ1v) is 8.99. The molecule has 1 saturated heterocycles. The van der Waals surface area contributed by atoms with E-state index in [1.807, 2.05) is 38.6 Å². The van der Waals surface area contributed by atoms with E-state index in [-0.39, 0.29) is 11.8 Å². The normalized spacial score (nSPS) is 15.9. The van der Waals surface area contributed by atoms with Crippen molar-refractivity contribution in [2.24, 2.45) is 7.05 Å². The Balaban J connectivity index is 1.81. The molecule has 1 atom stereocenters. The molecule has 0 bridgehead atoms. The second kappa shape index (κ2) is 7.25. The van der Waals surface area contributed by atoms with Gasteiger partial charge >= 0.3 is 0 Å². The fourth-order valence-electron chi connectivity index (χ4n) is 3.68. The van der Waals surface area contributed by atoms with Crippen molar-refractivity contribution in [1.29, 1.82) is 0 Å². The van der Waals surface area contributed by atoms with Crippen LogP contribution in [0.1, 0.15) is 49.1 Å². The van der Waals surface area contributed by atoms with Gasteiger partial charge in [0.25, 0.3) is 0 Å². The maximum atomic E-state index is 12.9. The van der Waals surface area contributed by atoms with Crippen molar-refractivity contribution < 1.29 is 4.79 Å². The van der Waals surface area contributed by atoms with Gasteiger partial charge in [0, 0.05) is 37.6 Å². The summed E-state index contributed by atoms with van der Waals surface area (Å²) in [6.07, 6.45) is 7.20. The number of piperidine rings is 1. The Kier molecular flexibility index (Phi) is 5.06. The maximum Gasteiger partial charge on any atom is 0.231 e. The highest BCUT2D eigenvalue weighted by Gasteiger charge is 2.24. The molecule has 1 aliphatic rings. The van der Waals surface area contributed by atoms with Crippen LogP contribution in [-0.4, -0.2) is 33.8 Å². The predicted octanol–water partition coefficient (Wildman–Crippen LogP) is 3.16. The van der Waals surface area contributed by atoms with Crippen LogP contribution in [0.3, 0.4) is 0 Å². The van der Waals surface area contributed by atoms with Crippen molar-refractivity contribution in [2.45, 2.75) is 46.0 Å². The molecule has 134 valence electrons. The first-order valence-electron chi connectivity index (χ1n) is 8.99. The molecule has 1 fully saturated rings. The number of amides is 1. The zero-order chi connectivity index (χ0) is 18.0. The molecule has 0 aromatic carbocycles. The van der Waals surface area contributed by atoms with Gasteiger partial charge in [-0.3, -0.25) is 14.5 Å². The minimum absolute atomic E-state index is 0.0227. The summed E-state index contributed by atoms with van der Waals surface area (Å²) in [4.78, 5) is 19.4. The van der Waals surface area contributed by atoms with Crippen LogP contribution in [0.25, 0.3) is 0 Å². The van der Waals surface area contributed by atoms with E-state index in [1.165, 1.54) is 19.3 Å². The van der Waals surface area contributed by atoms with E-state index in [9.17, 15) is 4.79 Å². The monoisotopic (exact) mass is 341 g/mol. The lowest BCUT2D eigenvalue weighted by molar-refractivity contribution is -0.117. The topological polar surface area (TPSA) is 63.1 Å². The smallest absolute Gasteiger partial charge is 0.231 e. The molecular weight excluding hydrogens is 314 g/mol. The van der Waals surface area contributed by atoms with Crippen LogP contribution in [0, 0.1) is 13.8 Å². The Morgan fingerprint density at radius 3 is 2.60 bits per heavy atom. The lowest BCUT2D eigenvalue weighted by Gasteiger charge is -2.30. The van der Waals surface area contributed by atoms with Gasteiger partial charge in [-0.25, -0.2) is 0 Å². The molecular formula is C19H27N5O. The second-order valence-electron chi connectivity index (χ2n) is 6.86. The van der Waals surface area contributed by atoms with Crippen molar-refractivity contribution in [3.05, 3.63) is 35.4 Å². The SMILES string of the molecule is Cc1nn(C)c(C)c1[C@@H](C)C(=O)Nc1cnccc1N1CCCCC1. The minimum Gasteiger partial charge on any atom is -0.370 e. The number of anilines is 2. The van der Waals surface area contributed by atoms with Gasteiger partial charge in [-0.2, -0.15) is 5.10 Å². The fraction of sp³-hybridized carbons (Fsp3) is 0.526. The molecule has 3 rings (SSSR count). The number of carbonyl (C=O) groups is 1. The molecule has 25 heavy (non-hydrogen) atoms. The van der Waals surface area contributed by atoms with Gasteiger partial charge in [-0.05, 0) is 46.1 Å². The van der Waals surface area contributed by atoms with Crippen LogP contribution in [0.15, 0.2) is 18.5 Å². The average Bonchev–Trinajstić information content (AvgIpc) is 2.87. The lowest BCUT2D eigenvalue weighted by atomic mass is 9.98. The van der Waals surface area contributed by atoms with Crippen molar-refractivity contribution in [3.63, 3.8) is 0 Å². The summed E-state index contributed by atoms with van der Waals surface area (Å²) in [5.41, 5.74) is 4.80. The molecule has 1 aliphatic heterocycles. The van der Waals surface area contributed by atoms with Gasteiger partial charge in [-0.15, -0.1) is 0 Å². The molecule has 0 unspecified atom stereocenters. The molecule has 0 aliphatic carbocycles. The Morgan fingerprint density at radius 1 is 1.24 bits per heavy atom. The van der Waals surface area contributed by atoms with Crippen LogP contribution < -0.4 is 10.2 Å². The third-order valence-electron chi connectivity index (χ3n) is 5.14. The van der Waals surface area contributed by atoms with Crippen LogP contribution in [0.4, 0.5) is 11.4 Å². The van der Waals surface area contributed by atoms with Crippen molar-refractivity contribution >= 4 is 17.3 Å². The van der Waals surface area contributed by atoms with E-state index in [4.69, 9.17) is 0 Å². The number of hydrogen-bond acceptors (Lipinski definition) is 4. The first-order chi connectivity index (χ1) is 12.0. The minimum atomic E-state index is -0.261. The number of rotatable bonds is 4. The van der Waals surface area contributed by atoms with Gasteiger partial charge < -0.3 is 10.2 Å². The first kappa shape index (κ1) is 17.5. The van der Waals surface area contributed by atoms with Gasteiger partial charge in [0.2, 0.25) is 5.91 Å². The van der Waals surface area contributed by atoms with E-state index in [2.05, 4.69) is 20.3 Å². The Bertz CT molecular complexity index is 761. The van der Waals surface area contributed by atoms with E-state index in [1.54, 1.807) is 12.4 Å². The van der Waals surface area contributed by atoms with E-state index < -0.39 is 0 Å². The van der Waals surface area contributed by atoms with E-state index in [0.717, 1.165) is 41.4 Å². The number of carbonyl (C=O) groups excluding carboxylic acids is 1. The zero-order valence-corrected chi connectivity index (χ0v) is 15.5. The van der Waals surface area contributed by atoms with Crippen molar-refractivity contribution in [1.82, 2.24) is 14.8 Å². The molecule has 0 radical (unpaired) electrons. The number of nitrogens with one attached hydrogen (secondary N) is 1. The molecule has 6 nitrogen and oxygen atoms in total. The molecule has 0 saturated carbocycles. The van der Waals surface area contributed by atoms with Crippen molar-refractivity contribution in [2.75, 3.05) is 23.3 Å². The number of aromatic nitrogens is 3. The average molecular weight is 341 g/mol. The van der Waals surface area contributed by atoms with E-state index in [0.29, 0.717) is 0 Å². The standard InChI is InChI=1S/C19H27N5O/c1-13(18-14(2)22-23(4)15(18)3)19(25)21-16-12-20-9-8-17(16)24-10-6-5-7-11-24/h8-9,12-13H,5-7,10-11H2,1-4H3,(H,21,25)/t13-/m1/s1. The Labute approximate surface area is 149 Å². The maximum absolute atomic E-state index is 12.9. The summed E-state index contributed by atoms with van der Waals surface area (Å²) in [7, 11) is 1.91. The third-order valence-corrected chi connectivity index (χ3v) is 5.14. The second-order valence-corrected chi connectivity index (χ2v) is 6.86. The Hall–Kier alpha value is -2.37. The van der Waals surface area contributed by atoms with E-state index >= 15 is 0 Å².